The lowest BCUT2D eigenvalue weighted by molar-refractivity contribution is -0.0493. The number of hydrogen-bond donors (Lipinski definition) is 2. The van der Waals surface area contributed by atoms with Gasteiger partial charge in [0, 0.05) is 19.8 Å². The molecular formula is C13H18F2N2O2S. The zero-order valence-corrected chi connectivity index (χ0v) is 12.0. The minimum absolute atomic E-state index is 0.0565. The number of rotatable bonds is 8. The van der Waals surface area contributed by atoms with Gasteiger partial charge in [0.2, 0.25) is 0 Å². The summed E-state index contributed by atoms with van der Waals surface area (Å²) in [5.41, 5.74) is 0.398. The fourth-order valence-corrected chi connectivity index (χ4v) is 1.67. The molecule has 20 heavy (non-hydrogen) atoms. The number of ether oxygens (including phenoxy) is 2. The van der Waals surface area contributed by atoms with E-state index < -0.39 is 6.61 Å². The van der Waals surface area contributed by atoms with Gasteiger partial charge in [-0.1, -0.05) is 12.1 Å². The van der Waals surface area contributed by atoms with E-state index in [1.807, 2.05) is 6.92 Å². The number of thiocarbonyl (C=S) groups is 1. The van der Waals surface area contributed by atoms with Gasteiger partial charge in [-0.3, -0.25) is 0 Å². The van der Waals surface area contributed by atoms with Gasteiger partial charge in [0.1, 0.15) is 5.75 Å². The molecule has 1 aromatic rings. The highest BCUT2D eigenvalue weighted by atomic mass is 32.1. The molecule has 0 aromatic heterocycles. The minimum Gasteiger partial charge on any atom is -0.433 e. The number of hydrogen-bond acceptors (Lipinski definition) is 3. The quantitative estimate of drug-likeness (QED) is 0.571. The largest absolute Gasteiger partial charge is 0.433 e. The van der Waals surface area contributed by atoms with Crippen LogP contribution in [0.15, 0.2) is 24.3 Å². The monoisotopic (exact) mass is 304 g/mol. The zero-order valence-electron chi connectivity index (χ0n) is 11.2. The molecule has 1 aromatic carbocycles. The Morgan fingerprint density at radius 1 is 1.35 bits per heavy atom. The predicted molar refractivity (Wildman–Crippen MR) is 78.4 cm³/mol. The second kappa shape index (κ2) is 9.44. The molecule has 0 radical (unpaired) electrons. The Morgan fingerprint density at radius 3 is 2.80 bits per heavy atom. The van der Waals surface area contributed by atoms with Crippen molar-refractivity contribution in [2.45, 2.75) is 20.0 Å². The van der Waals surface area contributed by atoms with E-state index in [1.54, 1.807) is 18.2 Å². The molecule has 0 spiro atoms. The molecule has 0 fully saturated rings. The Balaban J connectivity index is 2.41. The average molecular weight is 304 g/mol. The molecule has 0 saturated carbocycles. The topological polar surface area (TPSA) is 42.5 Å². The molecule has 0 aliphatic heterocycles. The summed E-state index contributed by atoms with van der Waals surface area (Å²) >= 11 is 5.08. The SMILES string of the molecule is CCOCCCNC(=S)Nc1ccccc1OC(F)F. The molecule has 7 heteroatoms. The molecule has 0 unspecified atom stereocenters. The second-order valence-electron chi connectivity index (χ2n) is 3.81. The van der Waals surface area contributed by atoms with Crippen LogP contribution in [0, 0.1) is 0 Å². The van der Waals surface area contributed by atoms with Crippen molar-refractivity contribution >= 4 is 23.0 Å². The third-order valence-corrected chi connectivity index (χ3v) is 2.55. The summed E-state index contributed by atoms with van der Waals surface area (Å²) in [4.78, 5) is 0. The van der Waals surface area contributed by atoms with Crippen LogP contribution in [0.4, 0.5) is 14.5 Å². The molecule has 1 rings (SSSR count). The van der Waals surface area contributed by atoms with E-state index in [0.717, 1.165) is 6.42 Å². The Labute approximate surface area is 122 Å². The van der Waals surface area contributed by atoms with Gasteiger partial charge < -0.3 is 20.1 Å². The van der Waals surface area contributed by atoms with Crippen molar-refractivity contribution in [2.24, 2.45) is 0 Å². The summed E-state index contributed by atoms with van der Waals surface area (Å²) in [6.45, 7) is 1.03. The van der Waals surface area contributed by atoms with Crippen molar-refractivity contribution in [3.05, 3.63) is 24.3 Å². The molecule has 0 aliphatic rings. The summed E-state index contributed by atoms with van der Waals surface area (Å²) in [5.74, 6) is 0.0565. The van der Waals surface area contributed by atoms with E-state index in [0.29, 0.717) is 30.6 Å². The fourth-order valence-electron chi connectivity index (χ4n) is 1.46. The maximum absolute atomic E-state index is 12.2. The van der Waals surface area contributed by atoms with Crippen molar-refractivity contribution in [1.82, 2.24) is 5.32 Å². The van der Waals surface area contributed by atoms with Crippen LogP contribution in [0.25, 0.3) is 0 Å². The standard InChI is InChI=1S/C13H18F2N2O2S/c1-2-18-9-5-8-16-13(20)17-10-6-3-4-7-11(10)19-12(14)15/h3-4,6-7,12H,2,5,8-9H2,1H3,(H2,16,17,20). The first kappa shape index (κ1) is 16.6. The van der Waals surface area contributed by atoms with Crippen molar-refractivity contribution in [1.29, 1.82) is 0 Å². The Bertz CT molecular complexity index is 419. The highest BCUT2D eigenvalue weighted by Gasteiger charge is 2.09. The average Bonchev–Trinajstić information content (AvgIpc) is 2.40. The second-order valence-corrected chi connectivity index (χ2v) is 4.21. The van der Waals surface area contributed by atoms with E-state index in [-0.39, 0.29) is 5.75 Å². The van der Waals surface area contributed by atoms with Crippen LogP contribution in [0.1, 0.15) is 13.3 Å². The molecule has 0 bridgehead atoms. The van der Waals surface area contributed by atoms with Crippen LogP contribution in [0.2, 0.25) is 0 Å². The van der Waals surface area contributed by atoms with E-state index in [9.17, 15) is 8.78 Å². The lowest BCUT2D eigenvalue weighted by Crippen LogP contribution is -2.30. The number of halogens is 2. The van der Waals surface area contributed by atoms with E-state index >= 15 is 0 Å². The van der Waals surface area contributed by atoms with Crippen molar-refractivity contribution in [3.8, 4) is 5.75 Å². The van der Waals surface area contributed by atoms with Crippen LogP contribution >= 0.6 is 12.2 Å². The molecule has 4 nitrogen and oxygen atoms in total. The van der Waals surface area contributed by atoms with Crippen LogP contribution in [0.3, 0.4) is 0 Å². The predicted octanol–water partition coefficient (Wildman–Crippen LogP) is 3.00. The first-order chi connectivity index (χ1) is 9.63. The molecule has 2 N–H and O–H groups in total. The lowest BCUT2D eigenvalue weighted by atomic mass is 10.3. The first-order valence-electron chi connectivity index (χ1n) is 6.30. The lowest BCUT2D eigenvalue weighted by Gasteiger charge is -2.14. The molecular weight excluding hydrogens is 286 g/mol. The van der Waals surface area contributed by atoms with Crippen molar-refractivity contribution in [2.75, 3.05) is 25.1 Å². The van der Waals surface area contributed by atoms with Crippen LogP contribution in [-0.2, 0) is 4.74 Å². The molecule has 0 heterocycles. The van der Waals surface area contributed by atoms with Gasteiger partial charge in [-0.2, -0.15) is 8.78 Å². The van der Waals surface area contributed by atoms with Crippen LogP contribution in [0.5, 0.6) is 5.75 Å². The summed E-state index contributed by atoms with van der Waals surface area (Å²) < 4.78 is 34.1. The van der Waals surface area contributed by atoms with Crippen molar-refractivity contribution < 1.29 is 18.3 Å². The first-order valence-corrected chi connectivity index (χ1v) is 6.70. The van der Waals surface area contributed by atoms with E-state index in [2.05, 4.69) is 15.4 Å². The third-order valence-electron chi connectivity index (χ3n) is 2.31. The Hall–Kier alpha value is -1.47. The Morgan fingerprint density at radius 2 is 2.10 bits per heavy atom. The third kappa shape index (κ3) is 6.63. The van der Waals surface area contributed by atoms with Crippen molar-refractivity contribution in [3.63, 3.8) is 0 Å². The Kier molecular flexibility index (Phi) is 7.82. The normalized spacial score (nSPS) is 10.4. The zero-order chi connectivity index (χ0) is 14.8. The van der Waals surface area contributed by atoms with Gasteiger partial charge in [0.25, 0.3) is 0 Å². The number of para-hydroxylation sites is 2. The minimum atomic E-state index is -2.87. The number of benzene rings is 1. The molecule has 112 valence electrons. The van der Waals surface area contributed by atoms with E-state index in [1.165, 1.54) is 6.07 Å². The van der Waals surface area contributed by atoms with Gasteiger partial charge >= 0.3 is 6.61 Å². The van der Waals surface area contributed by atoms with Gasteiger partial charge in [0.05, 0.1) is 5.69 Å². The molecule has 0 aliphatic carbocycles. The summed E-state index contributed by atoms with van der Waals surface area (Å²) in [6, 6.07) is 6.39. The van der Waals surface area contributed by atoms with E-state index in [4.69, 9.17) is 17.0 Å². The van der Waals surface area contributed by atoms with Crippen LogP contribution < -0.4 is 15.4 Å². The van der Waals surface area contributed by atoms with Gasteiger partial charge in [0.15, 0.2) is 5.11 Å². The van der Waals surface area contributed by atoms with Gasteiger partial charge in [-0.05, 0) is 37.7 Å². The number of nitrogens with one attached hydrogen (secondary N) is 2. The maximum atomic E-state index is 12.2. The fraction of sp³-hybridized carbons (Fsp3) is 0.462. The smallest absolute Gasteiger partial charge is 0.387 e. The maximum Gasteiger partial charge on any atom is 0.387 e. The summed E-state index contributed by atoms with van der Waals surface area (Å²) in [7, 11) is 0. The highest BCUT2D eigenvalue weighted by molar-refractivity contribution is 7.80. The van der Waals surface area contributed by atoms with Crippen LogP contribution in [-0.4, -0.2) is 31.5 Å². The number of anilines is 1. The highest BCUT2D eigenvalue weighted by Crippen LogP contribution is 2.25. The summed E-state index contributed by atoms with van der Waals surface area (Å²) in [6.07, 6.45) is 0.810. The number of alkyl halides is 2. The molecule has 0 amide bonds. The molecule has 0 saturated heterocycles. The summed E-state index contributed by atoms with van der Waals surface area (Å²) in [5, 5.41) is 6.15. The van der Waals surface area contributed by atoms with Gasteiger partial charge in [-0.15, -0.1) is 0 Å². The molecule has 0 atom stereocenters. The van der Waals surface area contributed by atoms with Gasteiger partial charge in [-0.25, -0.2) is 0 Å².